The molecule has 0 saturated heterocycles. The van der Waals surface area contributed by atoms with E-state index in [2.05, 4.69) is 24.0 Å². The van der Waals surface area contributed by atoms with Gasteiger partial charge in [0.2, 0.25) is 0 Å². The summed E-state index contributed by atoms with van der Waals surface area (Å²) in [5.41, 5.74) is 1.48. The van der Waals surface area contributed by atoms with Gasteiger partial charge in [-0.25, -0.2) is 0 Å². The van der Waals surface area contributed by atoms with E-state index in [4.69, 9.17) is 0 Å². The van der Waals surface area contributed by atoms with Crippen LogP contribution in [0.2, 0.25) is 0 Å². The Bertz CT molecular complexity index is 566. The zero-order chi connectivity index (χ0) is 12.6. The van der Waals surface area contributed by atoms with Gasteiger partial charge in [0.05, 0.1) is 11.1 Å². The second-order valence-corrected chi connectivity index (χ2v) is 5.57. The van der Waals surface area contributed by atoms with Gasteiger partial charge in [-0.1, -0.05) is 37.6 Å². The van der Waals surface area contributed by atoms with Crippen molar-refractivity contribution in [1.82, 2.24) is 4.98 Å². The van der Waals surface area contributed by atoms with E-state index in [1.54, 1.807) is 0 Å². The zero-order valence-corrected chi connectivity index (χ0v) is 10.8. The summed E-state index contributed by atoms with van der Waals surface area (Å²) >= 11 is 0. The van der Waals surface area contributed by atoms with Crippen LogP contribution in [0.25, 0.3) is 10.9 Å². The van der Waals surface area contributed by atoms with E-state index in [9.17, 15) is 5.11 Å². The summed E-state index contributed by atoms with van der Waals surface area (Å²) in [6.07, 6.45) is 3.84. The molecule has 2 aromatic rings. The van der Waals surface area contributed by atoms with Gasteiger partial charge in [-0.2, -0.15) is 0 Å². The van der Waals surface area contributed by atoms with Gasteiger partial charge in [0.25, 0.3) is 0 Å². The average Bonchev–Trinajstić information content (AvgIpc) is 2.69. The summed E-state index contributed by atoms with van der Waals surface area (Å²) in [5, 5.41) is 11.8. The van der Waals surface area contributed by atoms with Gasteiger partial charge in [0.15, 0.2) is 0 Å². The Morgan fingerprint density at radius 3 is 2.89 bits per heavy atom. The third-order valence-corrected chi connectivity index (χ3v) is 4.31. The molecule has 0 aliphatic heterocycles. The summed E-state index contributed by atoms with van der Waals surface area (Å²) in [6.45, 7) is 2.15. The van der Waals surface area contributed by atoms with Gasteiger partial charge in [-0.3, -0.25) is 4.98 Å². The van der Waals surface area contributed by atoms with E-state index in [0.29, 0.717) is 12.3 Å². The molecule has 0 radical (unpaired) electrons. The molecule has 94 valence electrons. The number of aliphatic hydroxyl groups is 1. The first-order chi connectivity index (χ1) is 8.67. The Morgan fingerprint density at radius 1 is 1.28 bits per heavy atom. The Morgan fingerprint density at radius 2 is 2.11 bits per heavy atom. The minimum atomic E-state index is -0.546. The first-order valence-corrected chi connectivity index (χ1v) is 6.74. The Balaban J connectivity index is 1.91. The molecule has 2 nitrogen and oxygen atoms in total. The van der Waals surface area contributed by atoms with E-state index in [1.165, 1.54) is 0 Å². The number of hydrogen-bond acceptors (Lipinski definition) is 2. The van der Waals surface area contributed by atoms with Crippen molar-refractivity contribution in [2.75, 3.05) is 0 Å². The number of hydrogen-bond donors (Lipinski definition) is 1. The molecular weight excluding hydrogens is 222 g/mol. The van der Waals surface area contributed by atoms with E-state index < -0.39 is 5.60 Å². The van der Waals surface area contributed by atoms with Crippen molar-refractivity contribution in [1.29, 1.82) is 0 Å². The maximum Gasteiger partial charge on any atom is 0.0728 e. The largest absolute Gasteiger partial charge is 0.389 e. The molecule has 1 aliphatic carbocycles. The highest BCUT2D eigenvalue weighted by Gasteiger charge is 2.38. The summed E-state index contributed by atoms with van der Waals surface area (Å²) in [6, 6.07) is 12.3. The lowest BCUT2D eigenvalue weighted by molar-refractivity contribution is 0.00880. The Hall–Kier alpha value is -1.41. The van der Waals surface area contributed by atoms with Crippen LogP contribution >= 0.6 is 0 Å². The molecule has 1 fully saturated rings. The molecule has 2 heteroatoms. The normalized spacial score (nSPS) is 27.8. The van der Waals surface area contributed by atoms with Crippen molar-refractivity contribution in [3.05, 3.63) is 42.1 Å². The quantitative estimate of drug-likeness (QED) is 0.874. The number of fused-ring (bicyclic) bond motifs is 1. The number of para-hydroxylation sites is 1. The van der Waals surface area contributed by atoms with Gasteiger partial charge in [-0.05, 0) is 30.9 Å². The molecule has 0 bridgehead atoms. The van der Waals surface area contributed by atoms with Gasteiger partial charge in [0, 0.05) is 17.5 Å². The number of aromatic nitrogens is 1. The minimum absolute atomic E-state index is 0.380. The van der Waals surface area contributed by atoms with Crippen LogP contribution in [0.5, 0.6) is 0 Å². The summed E-state index contributed by atoms with van der Waals surface area (Å²) in [7, 11) is 0. The van der Waals surface area contributed by atoms with E-state index in [0.717, 1.165) is 35.9 Å². The summed E-state index contributed by atoms with van der Waals surface area (Å²) in [4.78, 5) is 4.66. The monoisotopic (exact) mass is 241 g/mol. The molecule has 1 heterocycles. The predicted octanol–water partition coefficient (Wildman–Crippen LogP) is 3.33. The van der Waals surface area contributed by atoms with E-state index in [1.807, 2.05) is 24.3 Å². The standard InChI is InChI=1S/C16H19NO/c1-12-5-4-10-16(12,18)11-14-9-8-13-6-2-3-7-15(13)17-14/h2-3,6-9,12,18H,4-5,10-11H2,1H3. The highest BCUT2D eigenvalue weighted by Crippen LogP contribution is 2.37. The van der Waals surface area contributed by atoms with Crippen LogP contribution in [0.4, 0.5) is 0 Å². The van der Waals surface area contributed by atoms with Crippen LogP contribution in [0.3, 0.4) is 0 Å². The maximum absolute atomic E-state index is 10.6. The van der Waals surface area contributed by atoms with Crippen molar-refractivity contribution in [2.24, 2.45) is 5.92 Å². The second kappa shape index (κ2) is 4.36. The lowest BCUT2D eigenvalue weighted by Gasteiger charge is -2.27. The minimum Gasteiger partial charge on any atom is -0.389 e. The third kappa shape index (κ3) is 2.01. The van der Waals surface area contributed by atoms with Crippen molar-refractivity contribution < 1.29 is 5.11 Å². The van der Waals surface area contributed by atoms with Crippen LogP contribution in [-0.4, -0.2) is 15.7 Å². The highest BCUT2D eigenvalue weighted by atomic mass is 16.3. The molecule has 2 atom stereocenters. The van der Waals surface area contributed by atoms with Gasteiger partial charge >= 0.3 is 0 Å². The van der Waals surface area contributed by atoms with Crippen LogP contribution < -0.4 is 0 Å². The average molecular weight is 241 g/mol. The second-order valence-electron chi connectivity index (χ2n) is 5.57. The van der Waals surface area contributed by atoms with Crippen molar-refractivity contribution in [3.63, 3.8) is 0 Å². The molecule has 1 aliphatic rings. The third-order valence-electron chi connectivity index (χ3n) is 4.31. The van der Waals surface area contributed by atoms with Crippen molar-refractivity contribution >= 4 is 10.9 Å². The first-order valence-electron chi connectivity index (χ1n) is 6.74. The van der Waals surface area contributed by atoms with Crippen LogP contribution in [-0.2, 0) is 6.42 Å². The van der Waals surface area contributed by atoms with Crippen LogP contribution in [0.1, 0.15) is 31.9 Å². The molecule has 0 amide bonds. The Labute approximate surface area is 108 Å². The molecule has 1 aromatic carbocycles. The van der Waals surface area contributed by atoms with E-state index in [-0.39, 0.29) is 0 Å². The molecule has 3 rings (SSSR count). The highest BCUT2D eigenvalue weighted by molar-refractivity contribution is 5.78. The fourth-order valence-electron chi connectivity index (χ4n) is 3.01. The molecule has 1 aromatic heterocycles. The number of rotatable bonds is 2. The lowest BCUT2D eigenvalue weighted by Crippen LogP contribution is -2.34. The van der Waals surface area contributed by atoms with Gasteiger partial charge in [0.1, 0.15) is 0 Å². The molecule has 1 N–H and O–H groups in total. The molecule has 18 heavy (non-hydrogen) atoms. The van der Waals surface area contributed by atoms with E-state index >= 15 is 0 Å². The van der Waals surface area contributed by atoms with Gasteiger partial charge in [-0.15, -0.1) is 0 Å². The van der Waals surface area contributed by atoms with Crippen molar-refractivity contribution in [3.8, 4) is 0 Å². The summed E-state index contributed by atoms with van der Waals surface area (Å²) in [5.74, 6) is 0.380. The SMILES string of the molecule is CC1CCCC1(O)Cc1ccc2ccccc2n1. The van der Waals surface area contributed by atoms with Crippen LogP contribution in [0.15, 0.2) is 36.4 Å². The molecule has 0 spiro atoms. The topological polar surface area (TPSA) is 33.1 Å². The first kappa shape index (κ1) is 11.7. The smallest absolute Gasteiger partial charge is 0.0728 e. The predicted molar refractivity (Wildman–Crippen MR) is 73.4 cm³/mol. The summed E-state index contributed by atoms with van der Waals surface area (Å²) < 4.78 is 0. The molecule has 2 unspecified atom stereocenters. The number of benzene rings is 1. The maximum atomic E-state index is 10.6. The van der Waals surface area contributed by atoms with Crippen LogP contribution in [0, 0.1) is 5.92 Å². The fourth-order valence-corrected chi connectivity index (χ4v) is 3.01. The lowest BCUT2D eigenvalue weighted by atomic mass is 9.87. The number of nitrogens with zero attached hydrogens (tertiary/aromatic N) is 1. The van der Waals surface area contributed by atoms with Gasteiger partial charge < -0.3 is 5.11 Å². The molecule has 1 saturated carbocycles. The molecular formula is C16H19NO. The zero-order valence-electron chi connectivity index (χ0n) is 10.8. The van der Waals surface area contributed by atoms with Crippen molar-refractivity contribution in [2.45, 2.75) is 38.2 Å². The number of pyridine rings is 1. The fraction of sp³-hybridized carbons (Fsp3) is 0.438. The Kier molecular flexibility index (Phi) is 2.83.